The molecule has 0 fully saturated rings. The third-order valence-corrected chi connectivity index (χ3v) is 1.05. The van der Waals surface area contributed by atoms with E-state index in [2.05, 4.69) is 25.9 Å². The van der Waals surface area contributed by atoms with Gasteiger partial charge in [-0.2, -0.15) is 4.98 Å². The zero-order valence-electron chi connectivity index (χ0n) is 6.68. The number of hydrogen-bond donors (Lipinski definition) is 0. The Morgan fingerprint density at radius 1 is 1.89 bits per heavy atom. The van der Waals surface area contributed by atoms with Crippen LogP contribution in [0.15, 0.2) is 16.9 Å². The van der Waals surface area contributed by atoms with Crippen LogP contribution in [0, 0.1) is 0 Å². The molecule has 0 aromatic carbocycles. The van der Waals surface area contributed by atoms with Crippen molar-refractivity contribution in [3.63, 3.8) is 0 Å². The van der Waals surface area contributed by atoms with Crippen molar-refractivity contribution in [3.8, 4) is 5.88 Å². The lowest BCUT2D eigenvalue weighted by Crippen LogP contribution is -1.88. The molecule has 1 aromatic rings. The van der Waals surface area contributed by atoms with E-state index in [1.54, 1.807) is 0 Å². The van der Waals surface area contributed by atoms with Crippen LogP contribution in [0.4, 0.5) is 0 Å². The highest BCUT2D eigenvalue weighted by Gasteiger charge is 1.91. The smallest absolute Gasteiger partial charge is 0.216 e. The highest BCUT2D eigenvalue weighted by Crippen LogP contribution is 2.07. The molecule has 0 spiro atoms. The van der Waals surface area contributed by atoms with Gasteiger partial charge in [0.25, 0.3) is 0 Å². The SMILES string of the molecule is [2H]c1nc(Br)nc(OC)c1[2H]. The Bertz CT molecular complexity index is 281. The number of aromatic nitrogens is 2. The second-order valence-corrected chi connectivity index (χ2v) is 1.95. The molecular formula is C5H5BrN2O. The molecule has 1 rings (SSSR count). The maximum Gasteiger partial charge on any atom is 0.216 e. The average Bonchev–Trinajstić information content (AvgIpc) is 1.96. The van der Waals surface area contributed by atoms with E-state index >= 15 is 0 Å². The second-order valence-electron chi connectivity index (χ2n) is 1.24. The van der Waals surface area contributed by atoms with Gasteiger partial charge in [0.05, 0.1) is 9.85 Å². The summed E-state index contributed by atoms with van der Waals surface area (Å²) in [6.45, 7) is 0. The van der Waals surface area contributed by atoms with E-state index in [4.69, 9.17) is 7.48 Å². The first-order valence-corrected chi connectivity index (χ1v) is 2.99. The second kappa shape index (κ2) is 2.77. The number of halogens is 1. The molecule has 0 aliphatic carbocycles. The summed E-state index contributed by atoms with van der Waals surface area (Å²) < 4.78 is 19.4. The van der Waals surface area contributed by atoms with Gasteiger partial charge < -0.3 is 4.74 Å². The van der Waals surface area contributed by atoms with Gasteiger partial charge in [-0.25, -0.2) is 4.98 Å². The van der Waals surface area contributed by atoms with Gasteiger partial charge in [0.1, 0.15) is 0 Å². The predicted molar refractivity (Wildman–Crippen MR) is 36.3 cm³/mol. The normalized spacial score (nSPS) is 12.2. The molecular weight excluding hydrogens is 184 g/mol. The third kappa shape index (κ3) is 1.64. The van der Waals surface area contributed by atoms with Gasteiger partial charge in [-0.15, -0.1) is 0 Å². The minimum absolute atomic E-state index is 0.101. The van der Waals surface area contributed by atoms with Crippen LogP contribution in [0.5, 0.6) is 5.88 Å². The van der Waals surface area contributed by atoms with Gasteiger partial charge >= 0.3 is 0 Å². The first-order valence-electron chi connectivity index (χ1n) is 3.20. The summed E-state index contributed by atoms with van der Waals surface area (Å²) in [5.41, 5.74) is 0. The quantitative estimate of drug-likeness (QED) is 0.626. The fourth-order valence-corrected chi connectivity index (χ4v) is 0.605. The van der Waals surface area contributed by atoms with Crippen molar-refractivity contribution in [2.45, 2.75) is 0 Å². The van der Waals surface area contributed by atoms with Crippen molar-refractivity contribution in [1.29, 1.82) is 0 Å². The Morgan fingerprint density at radius 2 is 2.67 bits per heavy atom. The molecule has 48 valence electrons. The molecule has 1 heterocycles. The fourth-order valence-electron chi connectivity index (χ4n) is 0.355. The Labute approximate surface area is 64.0 Å². The Hall–Kier alpha value is -0.640. The first-order chi connectivity index (χ1) is 5.15. The average molecular weight is 191 g/mol. The van der Waals surface area contributed by atoms with E-state index in [0.717, 1.165) is 0 Å². The summed E-state index contributed by atoms with van der Waals surface area (Å²) in [5.74, 6) is 0.108. The number of ether oxygens (including phenoxy) is 1. The zero-order valence-corrected chi connectivity index (χ0v) is 6.27. The standard InChI is InChI=1S/C5H5BrN2O/c1-9-4-2-3-7-5(6)8-4/h2-3H,1H3/i2D,3D. The van der Waals surface area contributed by atoms with Gasteiger partial charge in [0.2, 0.25) is 5.88 Å². The van der Waals surface area contributed by atoms with E-state index in [0.29, 0.717) is 0 Å². The summed E-state index contributed by atoms with van der Waals surface area (Å²) >= 11 is 2.98. The lowest BCUT2D eigenvalue weighted by Gasteiger charge is -1.94. The van der Waals surface area contributed by atoms with Crippen LogP contribution in [0.1, 0.15) is 2.74 Å². The molecule has 0 amide bonds. The molecule has 4 heteroatoms. The van der Waals surface area contributed by atoms with Gasteiger partial charge in [0, 0.05) is 12.2 Å². The van der Waals surface area contributed by atoms with Crippen LogP contribution < -0.4 is 4.74 Å². The number of hydrogen-bond acceptors (Lipinski definition) is 3. The highest BCUT2D eigenvalue weighted by atomic mass is 79.9. The summed E-state index contributed by atoms with van der Waals surface area (Å²) in [5, 5.41) is 0. The van der Waals surface area contributed by atoms with Gasteiger partial charge in [-0.1, -0.05) is 0 Å². The van der Waals surface area contributed by atoms with Crippen LogP contribution in [0.25, 0.3) is 0 Å². The third-order valence-electron chi connectivity index (χ3n) is 0.698. The molecule has 0 atom stereocenters. The Morgan fingerprint density at radius 3 is 3.33 bits per heavy atom. The van der Waals surface area contributed by atoms with Crippen molar-refractivity contribution in [3.05, 3.63) is 16.9 Å². The highest BCUT2D eigenvalue weighted by molar-refractivity contribution is 9.10. The molecule has 0 aliphatic heterocycles. The molecule has 0 radical (unpaired) electrons. The molecule has 0 saturated carbocycles. The topological polar surface area (TPSA) is 35.0 Å². The minimum Gasteiger partial charge on any atom is -0.481 e. The van der Waals surface area contributed by atoms with Crippen LogP contribution in [0.3, 0.4) is 0 Å². The minimum atomic E-state index is -0.149. The van der Waals surface area contributed by atoms with Gasteiger partial charge in [0.15, 0.2) is 4.73 Å². The molecule has 0 saturated heterocycles. The van der Waals surface area contributed by atoms with Crippen LogP contribution in [0.2, 0.25) is 0 Å². The predicted octanol–water partition coefficient (Wildman–Crippen LogP) is 1.25. The van der Waals surface area contributed by atoms with E-state index in [1.807, 2.05) is 0 Å². The summed E-state index contributed by atoms with van der Waals surface area (Å²) in [4.78, 5) is 7.31. The monoisotopic (exact) mass is 190 g/mol. The molecule has 0 aliphatic rings. The maximum absolute atomic E-state index is 7.23. The lowest BCUT2D eigenvalue weighted by molar-refractivity contribution is 0.395. The van der Waals surface area contributed by atoms with Crippen LogP contribution in [-0.2, 0) is 0 Å². The molecule has 3 nitrogen and oxygen atoms in total. The van der Waals surface area contributed by atoms with Crippen molar-refractivity contribution in [1.82, 2.24) is 9.97 Å². The first kappa shape index (κ1) is 4.22. The van der Waals surface area contributed by atoms with Gasteiger partial charge in [-0.3, -0.25) is 0 Å². The zero-order chi connectivity index (χ0) is 8.43. The number of rotatable bonds is 1. The lowest BCUT2D eigenvalue weighted by atomic mass is 10.6. The van der Waals surface area contributed by atoms with Crippen molar-refractivity contribution >= 4 is 15.9 Å². The molecule has 9 heavy (non-hydrogen) atoms. The van der Waals surface area contributed by atoms with E-state index in [9.17, 15) is 0 Å². The van der Waals surface area contributed by atoms with Crippen molar-refractivity contribution < 1.29 is 7.48 Å². The molecule has 0 bridgehead atoms. The molecule has 0 unspecified atom stereocenters. The molecule has 1 aromatic heterocycles. The van der Waals surface area contributed by atoms with E-state index in [-0.39, 0.29) is 22.8 Å². The Kier molecular flexibility index (Phi) is 1.30. The largest absolute Gasteiger partial charge is 0.481 e. The summed E-state index contributed by atoms with van der Waals surface area (Å²) in [6.07, 6.45) is -0.149. The van der Waals surface area contributed by atoms with E-state index in [1.165, 1.54) is 7.11 Å². The maximum atomic E-state index is 7.23. The van der Waals surface area contributed by atoms with Crippen molar-refractivity contribution in [2.24, 2.45) is 0 Å². The Balaban J connectivity index is 3.24. The summed E-state index contributed by atoms with van der Waals surface area (Å²) in [6, 6.07) is -0.101. The van der Waals surface area contributed by atoms with Gasteiger partial charge in [-0.05, 0) is 15.9 Å². The fraction of sp³-hybridized carbons (Fsp3) is 0.200. The number of methoxy groups -OCH3 is 1. The van der Waals surface area contributed by atoms with E-state index < -0.39 is 0 Å². The molecule has 0 N–H and O–H groups in total. The van der Waals surface area contributed by atoms with Crippen molar-refractivity contribution in [2.75, 3.05) is 7.11 Å². The number of nitrogens with zero attached hydrogens (tertiary/aromatic N) is 2. The van der Waals surface area contributed by atoms with Crippen LogP contribution >= 0.6 is 15.9 Å². The van der Waals surface area contributed by atoms with Crippen LogP contribution in [-0.4, -0.2) is 17.1 Å². The summed E-state index contributed by atoms with van der Waals surface area (Å²) in [7, 11) is 1.40.